The van der Waals surface area contributed by atoms with E-state index >= 15 is 0 Å². The first-order chi connectivity index (χ1) is 11.9. The number of nitrogens with one attached hydrogen (secondary N) is 1. The smallest absolute Gasteiger partial charge is 0.255 e. The first kappa shape index (κ1) is 17.0. The highest BCUT2D eigenvalue weighted by Crippen LogP contribution is 2.23. The maximum absolute atomic E-state index is 12.7. The van der Waals surface area contributed by atoms with Crippen molar-refractivity contribution in [1.29, 1.82) is 0 Å². The van der Waals surface area contributed by atoms with Crippen molar-refractivity contribution in [3.05, 3.63) is 47.0 Å². The van der Waals surface area contributed by atoms with Gasteiger partial charge in [0, 0.05) is 25.0 Å². The molecule has 0 saturated carbocycles. The highest BCUT2D eigenvalue weighted by molar-refractivity contribution is 6.02. The molecule has 0 aromatic carbocycles. The predicted molar refractivity (Wildman–Crippen MR) is 95.1 cm³/mol. The van der Waals surface area contributed by atoms with Gasteiger partial charge in [-0.05, 0) is 44.9 Å². The van der Waals surface area contributed by atoms with E-state index in [0.717, 1.165) is 17.8 Å². The van der Waals surface area contributed by atoms with Gasteiger partial charge in [0.15, 0.2) is 0 Å². The lowest BCUT2D eigenvalue weighted by Crippen LogP contribution is -2.34. The van der Waals surface area contributed by atoms with Gasteiger partial charge in [-0.3, -0.25) is 9.48 Å². The fourth-order valence-electron chi connectivity index (χ4n) is 3.11. The molecule has 25 heavy (non-hydrogen) atoms. The van der Waals surface area contributed by atoms with Gasteiger partial charge in [0.05, 0.1) is 24.6 Å². The standard InChI is InChI=1S/C18H23N5O2/c1-11(9-14-12(2)21-22(4)13(14)3)20-18(24)15-10-19-23-8-6-7-16(25-5)17(15)23/h6-8,10-11H,9H2,1-5H3,(H,20,24). The second kappa shape index (κ2) is 6.58. The molecule has 0 fully saturated rings. The Morgan fingerprint density at radius 2 is 2.16 bits per heavy atom. The highest BCUT2D eigenvalue weighted by Gasteiger charge is 2.19. The van der Waals surface area contributed by atoms with Gasteiger partial charge >= 0.3 is 0 Å². The maximum atomic E-state index is 12.7. The van der Waals surface area contributed by atoms with Crippen LogP contribution in [0.1, 0.15) is 34.2 Å². The van der Waals surface area contributed by atoms with Gasteiger partial charge in [0.2, 0.25) is 0 Å². The molecule has 3 heterocycles. The van der Waals surface area contributed by atoms with E-state index in [0.29, 0.717) is 16.8 Å². The van der Waals surface area contributed by atoms with Crippen LogP contribution in [0.25, 0.3) is 5.52 Å². The number of hydrogen-bond acceptors (Lipinski definition) is 4. The Morgan fingerprint density at radius 3 is 2.80 bits per heavy atom. The fourth-order valence-corrected chi connectivity index (χ4v) is 3.11. The number of aryl methyl sites for hydroxylation is 2. The summed E-state index contributed by atoms with van der Waals surface area (Å²) in [6.07, 6.45) is 4.09. The molecule has 1 unspecified atom stereocenters. The van der Waals surface area contributed by atoms with E-state index in [4.69, 9.17) is 4.74 Å². The number of aromatic nitrogens is 4. The number of nitrogens with zero attached hydrogens (tertiary/aromatic N) is 4. The second-order valence-electron chi connectivity index (χ2n) is 6.28. The minimum atomic E-state index is -0.161. The number of methoxy groups -OCH3 is 1. The van der Waals surface area contributed by atoms with Crippen molar-refractivity contribution in [3.63, 3.8) is 0 Å². The van der Waals surface area contributed by atoms with Crippen LogP contribution in [-0.4, -0.2) is 38.5 Å². The number of carbonyl (C=O) groups excluding carboxylic acids is 1. The highest BCUT2D eigenvalue weighted by atomic mass is 16.5. The number of amides is 1. The molecule has 1 atom stereocenters. The van der Waals surface area contributed by atoms with Crippen molar-refractivity contribution >= 4 is 11.4 Å². The maximum Gasteiger partial charge on any atom is 0.255 e. The summed E-state index contributed by atoms with van der Waals surface area (Å²) in [6.45, 7) is 6.03. The predicted octanol–water partition coefficient (Wildman–Crippen LogP) is 2.05. The average Bonchev–Trinajstić information content (AvgIpc) is 3.11. The van der Waals surface area contributed by atoms with E-state index in [9.17, 15) is 4.79 Å². The largest absolute Gasteiger partial charge is 0.494 e. The molecule has 3 rings (SSSR count). The Morgan fingerprint density at radius 1 is 1.40 bits per heavy atom. The lowest BCUT2D eigenvalue weighted by Gasteiger charge is -2.14. The van der Waals surface area contributed by atoms with Crippen LogP contribution in [-0.2, 0) is 13.5 Å². The van der Waals surface area contributed by atoms with Crippen molar-refractivity contribution in [1.82, 2.24) is 24.7 Å². The van der Waals surface area contributed by atoms with Gasteiger partial charge in [-0.25, -0.2) is 4.52 Å². The lowest BCUT2D eigenvalue weighted by molar-refractivity contribution is 0.0941. The lowest BCUT2D eigenvalue weighted by atomic mass is 10.0. The molecule has 0 aliphatic carbocycles. The van der Waals surface area contributed by atoms with Gasteiger partial charge in [-0.2, -0.15) is 10.2 Å². The topological polar surface area (TPSA) is 73.5 Å². The molecule has 0 aliphatic heterocycles. The van der Waals surface area contributed by atoms with E-state index in [1.807, 2.05) is 44.6 Å². The number of ether oxygens (including phenoxy) is 1. The van der Waals surface area contributed by atoms with Gasteiger partial charge in [0.1, 0.15) is 11.3 Å². The van der Waals surface area contributed by atoms with Crippen molar-refractivity contribution < 1.29 is 9.53 Å². The second-order valence-corrected chi connectivity index (χ2v) is 6.28. The summed E-state index contributed by atoms with van der Waals surface area (Å²) in [7, 11) is 3.51. The van der Waals surface area contributed by atoms with Crippen LogP contribution >= 0.6 is 0 Å². The van der Waals surface area contributed by atoms with Gasteiger partial charge in [0.25, 0.3) is 5.91 Å². The van der Waals surface area contributed by atoms with Crippen molar-refractivity contribution in [2.45, 2.75) is 33.2 Å². The van der Waals surface area contributed by atoms with Crippen molar-refractivity contribution in [2.75, 3.05) is 7.11 Å². The summed E-state index contributed by atoms with van der Waals surface area (Å²) in [5.74, 6) is 0.461. The first-order valence-corrected chi connectivity index (χ1v) is 8.22. The molecule has 132 valence electrons. The van der Waals surface area contributed by atoms with Crippen molar-refractivity contribution in [2.24, 2.45) is 7.05 Å². The van der Waals surface area contributed by atoms with Crippen LogP contribution in [0.3, 0.4) is 0 Å². The minimum Gasteiger partial charge on any atom is -0.494 e. The van der Waals surface area contributed by atoms with Crippen LogP contribution in [0.15, 0.2) is 24.5 Å². The SMILES string of the molecule is COc1cccn2ncc(C(=O)NC(C)Cc3c(C)nn(C)c3C)c12. The van der Waals surface area contributed by atoms with E-state index < -0.39 is 0 Å². The number of carbonyl (C=O) groups is 1. The molecule has 7 nitrogen and oxygen atoms in total. The molecule has 0 bridgehead atoms. The molecule has 0 spiro atoms. The molecular weight excluding hydrogens is 318 g/mol. The summed E-state index contributed by atoms with van der Waals surface area (Å²) in [5.41, 5.74) is 4.47. The molecule has 3 aromatic rings. The van der Waals surface area contributed by atoms with Crippen molar-refractivity contribution in [3.8, 4) is 5.75 Å². The third kappa shape index (κ3) is 3.09. The van der Waals surface area contributed by atoms with Crippen LogP contribution in [0.5, 0.6) is 5.75 Å². The van der Waals surface area contributed by atoms with Crippen LogP contribution in [0, 0.1) is 13.8 Å². The fraction of sp³-hybridized carbons (Fsp3) is 0.389. The van der Waals surface area contributed by atoms with Gasteiger partial charge < -0.3 is 10.1 Å². The van der Waals surface area contributed by atoms with Gasteiger partial charge in [-0.1, -0.05) is 0 Å². The monoisotopic (exact) mass is 341 g/mol. The van der Waals surface area contributed by atoms with Crippen LogP contribution in [0.2, 0.25) is 0 Å². The Balaban J connectivity index is 1.80. The summed E-state index contributed by atoms with van der Waals surface area (Å²) < 4.78 is 8.88. The van der Waals surface area contributed by atoms with Gasteiger partial charge in [-0.15, -0.1) is 0 Å². The Hall–Kier alpha value is -2.83. The first-order valence-electron chi connectivity index (χ1n) is 8.22. The summed E-state index contributed by atoms with van der Waals surface area (Å²) >= 11 is 0. The average molecular weight is 341 g/mol. The number of pyridine rings is 1. The quantitative estimate of drug-likeness (QED) is 0.771. The number of fused-ring (bicyclic) bond motifs is 1. The zero-order chi connectivity index (χ0) is 18.1. The summed E-state index contributed by atoms with van der Waals surface area (Å²) in [6, 6.07) is 3.62. The molecule has 7 heteroatoms. The summed E-state index contributed by atoms with van der Waals surface area (Å²) in [4.78, 5) is 12.7. The Bertz CT molecular complexity index is 925. The molecule has 1 amide bonds. The van der Waals surface area contributed by atoms with Crippen LogP contribution < -0.4 is 10.1 Å². The number of hydrogen-bond donors (Lipinski definition) is 1. The number of rotatable bonds is 5. The van der Waals surface area contributed by atoms with E-state index in [1.165, 1.54) is 5.56 Å². The summed E-state index contributed by atoms with van der Waals surface area (Å²) in [5, 5.41) is 11.7. The zero-order valence-corrected chi connectivity index (χ0v) is 15.2. The van der Waals surface area contributed by atoms with E-state index in [-0.39, 0.29) is 11.9 Å². The molecule has 0 saturated heterocycles. The Labute approximate surface area is 146 Å². The minimum absolute atomic E-state index is 0.0289. The third-order valence-corrected chi connectivity index (χ3v) is 4.51. The molecule has 0 radical (unpaired) electrons. The molecule has 3 aromatic heterocycles. The molecule has 1 N–H and O–H groups in total. The van der Waals surface area contributed by atoms with Crippen LogP contribution in [0.4, 0.5) is 0 Å². The van der Waals surface area contributed by atoms with E-state index in [2.05, 4.69) is 15.5 Å². The Kier molecular flexibility index (Phi) is 4.48. The van der Waals surface area contributed by atoms with E-state index in [1.54, 1.807) is 24.0 Å². The molecular formula is C18H23N5O2. The molecule has 0 aliphatic rings. The zero-order valence-electron chi connectivity index (χ0n) is 15.2. The normalized spacial score (nSPS) is 12.4. The third-order valence-electron chi connectivity index (χ3n) is 4.51.